The number of esters is 1. The van der Waals surface area contributed by atoms with Crippen LogP contribution in [-0.4, -0.2) is 34.4 Å². The zero-order valence-electron chi connectivity index (χ0n) is 16.9. The number of aliphatic carboxylic acids is 1. The third kappa shape index (κ3) is 2.60. The van der Waals surface area contributed by atoms with Gasteiger partial charge in [-0.05, 0) is 86.9 Å². The highest BCUT2D eigenvalue weighted by molar-refractivity contribution is 5.75. The van der Waals surface area contributed by atoms with Gasteiger partial charge in [-0.1, -0.05) is 13.3 Å². The van der Waals surface area contributed by atoms with Crippen molar-refractivity contribution in [2.45, 2.75) is 84.2 Å². The minimum Gasteiger partial charge on any atom is -0.481 e. The first-order valence-corrected chi connectivity index (χ1v) is 10.6. The smallest absolute Gasteiger partial charge is 0.309 e. The van der Waals surface area contributed by atoms with Crippen molar-refractivity contribution >= 4 is 11.9 Å². The molecule has 0 aliphatic heterocycles. The van der Waals surface area contributed by atoms with E-state index in [9.17, 15) is 19.8 Å². The Morgan fingerprint density at radius 2 is 1.81 bits per heavy atom. The number of hydrogen-bond donors (Lipinski definition) is 2. The molecule has 0 aromatic rings. The van der Waals surface area contributed by atoms with Gasteiger partial charge in [-0.25, -0.2) is 0 Å². The summed E-state index contributed by atoms with van der Waals surface area (Å²) in [6.07, 6.45) is 8.51. The second-order valence-electron chi connectivity index (χ2n) is 10.6. The molecule has 4 saturated carbocycles. The number of fused-ring (bicyclic) bond motifs is 3. The van der Waals surface area contributed by atoms with Crippen LogP contribution in [0.4, 0.5) is 0 Å². The predicted octanol–water partition coefficient (Wildman–Crippen LogP) is 3.78. The molecule has 152 valence electrons. The number of carboxylic acid groups (broad SMARTS) is 1. The van der Waals surface area contributed by atoms with Crippen LogP contribution in [0, 0.1) is 34.0 Å². The Balaban J connectivity index is 1.65. The molecule has 4 rings (SSSR count). The molecule has 4 aliphatic rings. The summed E-state index contributed by atoms with van der Waals surface area (Å²) in [5.41, 5.74) is -1.42. The Morgan fingerprint density at radius 3 is 2.48 bits per heavy atom. The van der Waals surface area contributed by atoms with Gasteiger partial charge >= 0.3 is 11.9 Å². The largest absolute Gasteiger partial charge is 0.481 e. The summed E-state index contributed by atoms with van der Waals surface area (Å²) >= 11 is 0. The molecule has 2 N–H and O–H groups in total. The Kier molecular flexibility index (Phi) is 4.24. The summed E-state index contributed by atoms with van der Waals surface area (Å²) in [6, 6.07) is 0. The van der Waals surface area contributed by atoms with Gasteiger partial charge in [0, 0.05) is 6.92 Å². The zero-order chi connectivity index (χ0) is 19.7. The molecule has 0 aromatic heterocycles. The van der Waals surface area contributed by atoms with Crippen LogP contribution in [0.15, 0.2) is 0 Å². The van der Waals surface area contributed by atoms with Crippen LogP contribution in [-0.2, 0) is 14.3 Å². The van der Waals surface area contributed by atoms with Gasteiger partial charge in [0.2, 0.25) is 0 Å². The monoisotopic (exact) mass is 378 g/mol. The molecule has 0 amide bonds. The molecular weight excluding hydrogens is 344 g/mol. The molecule has 5 heteroatoms. The number of hydrogen-bond acceptors (Lipinski definition) is 4. The fourth-order valence-electron chi connectivity index (χ4n) is 8.27. The van der Waals surface area contributed by atoms with Crippen molar-refractivity contribution in [2.75, 3.05) is 6.61 Å². The Bertz CT molecular complexity index is 661. The fraction of sp³-hybridized carbons (Fsp3) is 0.909. The zero-order valence-corrected chi connectivity index (χ0v) is 16.9. The van der Waals surface area contributed by atoms with E-state index in [0.29, 0.717) is 12.3 Å². The molecular formula is C22H34O5. The van der Waals surface area contributed by atoms with Crippen LogP contribution in [0.1, 0.15) is 78.6 Å². The summed E-state index contributed by atoms with van der Waals surface area (Å²) in [7, 11) is 0. The summed E-state index contributed by atoms with van der Waals surface area (Å²) < 4.78 is 5.24. The van der Waals surface area contributed by atoms with E-state index in [4.69, 9.17) is 4.74 Å². The first kappa shape index (κ1) is 19.2. The quantitative estimate of drug-likeness (QED) is 0.730. The van der Waals surface area contributed by atoms with Gasteiger partial charge in [-0.2, -0.15) is 0 Å². The summed E-state index contributed by atoms with van der Waals surface area (Å²) in [4.78, 5) is 23.5. The van der Waals surface area contributed by atoms with Crippen LogP contribution in [0.3, 0.4) is 0 Å². The lowest BCUT2D eigenvalue weighted by molar-refractivity contribution is -0.181. The molecule has 1 spiro atoms. The van der Waals surface area contributed by atoms with Crippen LogP contribution in [0.5, 0.6) is 0 Å². The Morgan fingerprint density at radius 1 is 1.07 bits per heavy atom. The number of rotatable bonds is 3. The lowest BCUT2D eigenvalue weighted by Gasteiger charge is -2.63. The SMILES string of the molecule is CC(=O)OC[C@]1(O)C[C@@]23CC[C@H]4[C@@](C)(CCC[C@@]4(C)C(=O)O)[C@@H]2CC[C@H]1C3. The van der Waals surface area contributed by atoms with E-state index in [0.717, 1.165) is 51.4 Å². The molecule has 5 nitrogen and oxygen atoms in total. The van der Waals surface area contributed by atoms with Crippen molar-refractivity contribution in [2.24, 2.45) is 34.0 Å². The van der Waals surface area contributed by atoms with E-state index in [2.05, 4.69) is 6.92 Å². The van der Waals surface area contributed by atoms with E-state index >= 15 is 0 Å². The average Bonchev–Trinajstić information content (AvgIpc) is 2.79. The molecule has 4 fully saturated rings. The highest BCUT2D eigenvalue weighted by Crippen LogP contribution is 2.72. The topological polar surface area (TPSA) is 83.8 Å². The number of carbonyl (C=O) groups is 2. The average molecular weight is 379 g/mol. The second kappa shape index (κ2) is 5.95. The van der Waals surface area contributed by atoms with E-state index < -0.39 is 17.0 Å². The summed E-state index contributed by atoms with van der Waals surface area (Å²) in [5, 5.41) is 21.3. The van der Waals surface area contributed by atoms with Gasteiger partial charge < -0.3 is 14.9 Å². The number of carboxylic acids is 1. The maximum Gasteiger partial charge on any atom is 0.309 e. The normalized spacial score (nSPS) is 51.2. The summed E-state index contributed by atoms with van der Waals surface area (Å²) in [6.45, 7) is 5.81. The molecule has 0 radical (unpaired) electrons. The fourth-order valence-corrected chi connectivity index (χ4v) is 8.27. The van der Waals surface area contributed by atoms with Gasteiger partial charge in [-0.3, -0.25) is 9.59 Å². The molecule has 2 bridgehead atoms. The lowest BCUT2D eigenvalue weighted by Crippen LogP contribution is -2.58. The molecule has 0 unspecified atom stereocenters. The van der Waals surface area contributed by atoms with Gasteiger partial charge in [0.25, 0.3) is 0 Å². The van der Waals surface area contributed by atoms with Crippen molar-refractivity contribution in [3.8, 4) is 0 Å². The molecule has 0 aromatic carbocycles. The van der Waals surface area contributed by atoms with Crippen LogP contribution >= 0.6 is 0 Å². The van der Waals surface area contributed by atoms with E-state index in [-0.39, 0.29) is 35.2 Å². The highest BCUT2D eigenvalue weighted by Gasteiger charge is 2.68. The van der Waals surface area contributed by atoms with Crippen LogP contribution in [0.25, 0.3) is 0 Å². The van der Waals surface area contributed by atoms with Crippen molar-refractivity contribution < 1.29 is 24.5 Å². The van der Waals surface area contributed by atoms with Gasteiger partial charge in [0.15, 0.2) is 0 Å². The first-order chi connectivity index (χ1) is 12.6. The van der Waals surface area contributed by atoms with Crippen molar-refractivity contribution in [3.63, 3.8) is 0 Å². The molecule has 0 saturated heterocycles. The lowest BCUT2D eigenvalue weighted by atomic mass is 9.41. The van der Waals surface area contributed by atoms with Crippen LogP contribution in [0.2, 0.25) is 0 Å². The van der Waals surface area contributed by atoms with E-state index in [1.807, 2.05) is 6.92 Å². The van der Waals surface area contributed by atoms with Gasteiger partial charge in [0.1, 0.15) is 12.2 Å². The number of ether oxygens (including phenoxy) is 1. The standard InChI is InChI=1S/C22H34O5/c1-14(23)27-13-22(26)12-21-10-7-16-19(2,17(21)6-5-15(22)11-21)8-4-9-20(16,3)18(24)25/h15-17,26H,4-13H2,1-3H3,(H,24,25)/t15-,16-,17-,19+,20+,21-,22+/m0/s1. The third-order valence-corrected chi connectivity index (χ3v) is 9.33. The molecule has 7 atom stereocenters. The first-order valence-electron chi connectivity index (χ1n) is 10.6. The molecule has 0 heterocycles. The van der Waals surface area contributed by atoms with Crippen molar-refractivity contribution in [1.82, 2.24) is 0 Å². The van der Waals surface area contributed by atoms with Gasteiger partial charge in [-0.15, -0.1) is 0 Å². The number of carbonyl (C=O) groups excluding carboxylic acids is 1. The maximum absolute atomic E-state index is 12.2. The van der Waals surface area contributed by atoms with Gasteiger partial charge in [0.05, 0.1) is 5.41 Å². The molecule has 27 heavy (non-hydrogen) atoms. The van der Waals surface area contributed by atoms with Crippen molar-refractivity contribution in [3.05, 3.63) is 0 Å². The van der Waals surface area contributed by atoms with E-state index in [1.165, 1.54) is 6.92 Å². The number of aliphatic hydroxyl groups is 1. The third-order valence-electron chi connectivity index (χ3n) is 9.33. The molecule has 4 aliphatic carbocycles. The Labute approximate surface area is 161 Å². The maximum atomic E-state index is 12.2. The Hall–Kier alpha value is -1.10. The van der Waals surface area contributed by atoms with E-state index in [1.54, 1.807) is 0 Å². The summed E-state index contributed by atoms with van der Waals surface area (Å²) in [5.74, 6) is -0.0986. The van der Waals surface area contributed by atoms with Crippen LogP contribution < -0.4 is 0 Å². The minimum absolute atomic E-state index is 0.0291. The minimum atomic E-state index is -0.908. The highest BCUT2D eigenvalue weighted by atomic mass is 16.5. The van der Waals surface area contributed by atoms with Crippen molar-refractivity contribution in [1.29, 1.82) is 0 Å². The second-order valence-corrected chi connectivity index (χ2v) is 10.6. The predicted molar refractivity (Wildman–Crippen MR) is 99.9 cm³/mol.